The van der Waals surface area contributed by atoms with Crippen LogP contribution in [0.2, 0.25) is 0 Å². The highest BCUT2D eigenvalue weighted by Crippen LogP contribution is 2.21. The molecule has 8 heteroatoms. The smallest absolute Gasteiger partial charge is 0.249 e. The van der Waals surface area contributed by atoms with E-state index in [2.05, 4.69) is 36.8 Å². The first-order valence-electron chi connectivity index (χ1n) is 9.86. The van der Waals surface area contributed by atoms with E-state index in [-0.39, 0.29) is 11.8 Å². The van der Waals surface area contributed by atoms with Gasteiger partial charge in [-0.1, -0.05) is 26.0 Å². The van der Waals surface area contributed by atoms with Gasteiger partial charge in [0.25, 0.3) is 0 Å². The molecule has 0 aliphatic heterocycles. The maximum absolute atomic E-state index is 11.9. The maximum Gasteiger partial charge on any atom is 0.249 e. The monoisotopic (exact) mass is 401 g/mol. The number of rotatable bonds is 7. The van der Waals surface area contributed by atoms with Gasteiger partial charge >= 0.3 is 0 Å². The van der Waals surface area contributed by atoms with E-state index in [9.17, 15) is 4.79 Å². The minimum atomic E-state index is -0.140. The van der Waals surface area contributed by atoms with E-state index in [1.165, 1.54) is 5.56 Å². The fraction of sp³-hybridized carbons (Fsp3) is 0.227. The minimum Gasteiger partial charge on any atom is -0.370 e. The Morgan fingerprint density at radius 3 is 2.73 bits per heavy atom. The predicted molar refractivity (Wildman–Crippen MR) is 116 cm³/mol. The lowest BCUT2D eigenvalue weighted by atomic mass is 10.2. The summed E-state index contributed by atoms with van der Waals surface area (Å²) in [5, 5.41) is 10.5. The molecule has 0 saturated heterocycles. The molecule has 0 radical (unpaired) electrons. The standard InChI is InChI=1S/C22H23N7O/c1-15(2)21(30)27-22-26-20-7-3-6-18(29(20)28-22)17-8-9-19(25-14-17)24-12-10-16-5-4-11-23-13-16/h3-9,11,13-15H,10,12H2,1-2H3,(H,24,25)(H,27,28,30). The van der Waals surface area contributed by atoms with Crippen LogP contribution in [0.4, 0.5) is 11.8 Å². The number of anilines is 2. The van der Waals surface area contributed by atoms with Gasteiger partial charge in [-0.3, -0.25) is 15.1 Å². The van der Waals surface area contributed by atoms with Crippen LogP contribution in [-0.2, 0) is 11.2 Å². The lowest BCUT2D eigenvalue weighted by molar-refractivity contribution is -0.118. The van der Waals surface area contributed by atoms with Crippen molar-refractivity contribution >= 4 is 23.3 Å². The maximum atomic E-state index is 11.9. The Labute approximate surface area is 174 Å². The van der Waals surface area contributed by atoms with Crippen molar-refractivity contribution in [3.8, 4) is 11.3 Å². The molecular weight excluding hydrogens is 378 g/mol. The van der Waals surface area contributed by atoms with Gasteiger partial charge in [0.05, 0.1) is 5.69 Å². The van der Waals surface area contributed by atoms with Crippen LogP contribution in [0, 0.1) is 5.92 Å². The Morgan fingerprint density at radius 1 is 1.10 bits per heavy atom. The average molecular weight is 401 g/mol. The first kappa shape index (κ1) is 19.5. The molecule has 0 fully saturated rings. The Hall–Kier alpha value is -3.81. The number of nitrogens with zero attached hydrogens (tertiary/aromatic N) is 5. The molecule has 0 aliphatic carbocycles. The van der Waals surface area contributed by atoms with Crippen molar-refractivity contribution < 1.29 is 4.79 Å². The summed E-state index contributed by atoms with van der Waals surface area (Å²) in [6.07, 6.45) is 6.32. The molecule has 0 atom stereocenters. The Kier molecular flexibility index (Phi) is 5.65. The molecule has 0 aromatic carbocycles. The highest BCUT2D eigenvalue weighted by Gasteiger charge is 2.13. The number of pyridine rings is 3. The van der Waals surface area contributed by atoms with Crippen LogP contribution in [0.15, 0.2) is 61.1 Å². The molecule has 2 N–H and O–H groups in total. The average Bonchev–Trinajstić information content (AvgIpc) is 3.17. The van der Waals surface area contributed by atoms with Crippen molar-refractivity contribution in [1.82, 2.24) is 24.6 Å². The zero-order valence-electron chi connectivity index (χ0n) is 16.9. The number of carbonyl (C=O) groups is 1. The summed E-state index contributed by atoms with van der Waals surface area (Å²) in [4.78, 5) is 25.0. The van der Waals surface area contributed by atoms with Crippen LogP contribution < -0.4 is 10.6 Å². The van der Waals surface area contributed by atoms with Gasteiger partial charge in [-0.2, -0.15) is 4.98 Å². The molecule has 8 nitrogen and oxygen atoms in total. The van der Waals surface area contributed by atoms with E-state index in [1.54, 1.807) is 16.9 Å². The summed E-state index contributed by atoms with van der Waals surface area (Å²) >= 11 is 0. The van der Waals surface area contributed by atoms with Crippen LogP contribution in [0.5, 0.6) is 0 Å². The van der Waals surface area contributed by atoms with Gasteiger partial charge in [0.1, 0.15) is 5.82 Å². The summed E-state index contributed by atoms with van der Waals surface area (Å²) in [5.41, 5.74) is 3.59. The first-order chi connectivity index (χ1) is 14.6. The molecule has 0 unspecified atom stereocenters. The van der Waals surface area contributed by atoms with Crippen LogP contribution >= 0.6 is 0 Å². The number of fused-ring (bicyclic) bond motifs is 1. The molecular formula is C22H23N7O. The lowest BCUT2D eigenvalue weighted by Crippen LogP contribution is -2.18. The van der Waals surface area contributed by atoms with Crippen molar-refractivity contribution in [2.75, 3.05) is 17.2 Å². The molecule has 4 heterocycles. The summed E-state index contributed by atoms with van der Waals surface area (Å²) in [6, 6.07) is 13.6. The number of carbonyl (C=O) groups excluding carboxylic acids is 1. The van der Waals surface area contributed by atoms with Crippen molar-refractivity contribution in [2.24, 2.45) is 5.92 Å². The molecule has 4 aromatic heterocycles. The van der Waals surface area contributed by atoms with Crippen molar-refractivity contribution in [2.45, 2.75) is 20.3 Å². The number of hydrogen-bond acceptors (Lipinski definition) is 6. The van der Waals surface area contributed by atoms with Crippen LogP contribution in [0.1, 0.15) is 19.4 Å². The molecule has 1 amide bonds. The molecule has 0 spiro atoms. The summed E-state index contributed by atoms with van der Waals surface area (Å²) in [6.45, 7) is 4.43. The fourth-order valence-corrected chi connectivity index (χ4v) is 2.96. The number of nitrogens with one attached hydrogen (secondary N) is 2. The Bertz CT molecular complexity index is 1140. The molecule has 0 bridgehead atoms. The van der Waals surface area contributed by atoms with Crippen LogP contribution in [-0.4, -0.2) is 37.0 Å². The Morgan fingerprint density at radius 2 is 2.00 bits per heavy atom. The van der Waals surface area contributed by atoms with E-state index < -0.39 is 0 Å². The summed E-state index contributed by atoms with van der Waals surface area (Å²) in [5.74, 6) is 0.843. The number of hydrogen-bond donors (Lipinski definition) is 2. The number of amides is 1. The van der Waals surface area contributed by atoms with Crippen LogP contribution in [0.3, 0.4) is 0 Å². The molecule has 4 aromatic rings. The second-order valence-electron chi connectivity index (χ2n) is 7.23. The van der Waals surface area contributed by atoms with E-state index >= 15 is 0 Å². The third kappa shape index (κ3) is 4.43. The summed E-state index contributed by atoms with van der Waals surface area (Å²) in [7, 11) is 0. The minimum absolute atomic E-state index is 0.115. The third-order valence-corrected chi connectivity index (χ3v) is 4.62. The third-order valence-electron chi connectivity index (χ3n) is 4.62. The van der Waals surface area contributed by atoms with Crippen molar-refractivity contribution in [3.63, 3.8) is 0 Å². The molecule has 0 aliphatic rings. The SMILES string of the molecule is CC(C)C(=O)Nc1nc2cccc(-c3ccc(NCCc4cccnc4)nc3)n2n1. The molecule has 30 heavy (non-hydrogen) atoms. The normalized spacial score (nSPS) is 11.0. The van der Waals surface area contributed by atoms with Gasteiger partial charge in [-0.15, -0.1) is 5.10 Å². The van der Waals surface area contributed by atoms with Gasteiger partial charge < -0.3 is 5.32 Å². The van der Waals surface area contributed by atoms with Gasteiger partial charge in [0.2, 0.25) is 11.9 Å². The quantitative estimate of drug-likeness (QED) is 0.492. The zero-order valence-corrected chi connectivity index (χ0v) is 16.9. The van der Waals surface area contributed by atoms with E-state index in [1.807, 2.05) is 56.4 Å². The van der Waals surface area contributed by atoms with Crippen molar-refractivity contribution in [1.29, 1.82) is 0 Å². The number of aromatic nitrogens is 5. The zero-order chi connectivity index (χ0) is 20.9. The molecule has 4 rings (SSSR count). The van der Waals surface area contributed by atoms with Gasteiger partial charge in [-0.25, -0.2) is 9.50 Å². The highest BCUT2D eigenvalue weighted by molar-refractivity contribution is 5.90. The fourth-order valence-electron chi connectivity index (χ4n) is 2.96. The Balaban J connectivity index is 1.48. The molecule has 0 saturated carbocycles. The van der Waals surface area contributed by atoms with E-state index in [0.717, 1.165) is 30.0 Å². The van der Waals surface area contributed by atoms with E-state index in [4.69, 9.17) is 0 Å². The highest BCUT2D eigenvalue weighted by atomic mass is 16.2. The molecule has 152 valence electrons. The van der Waals surface area contributed by atoms with Gasteiger partial charge in [-0.05, 0) is 42.3 Å². The van der Waals surface area contributed by atoms with Gasteiger partial charge in [0.15, 0.2) is 5.65 Å². The topological polar surface area (TPSA) is 97.1 Å². The second-order valence-corrected chi connectivity index (χ2v) is 7.23. The summed E-state index contributed by atoms with van der Waals surface area (Å²) < 4.78 is 1.71. The predicted octanol–water partition coefficient (Wildman–Crippen LogP) is 3.44. The lowest BCUT2D eigenvalue weighted by Gasteiger charge is -2.07. The van der Waals surface area contributed by atoms with Crippen molar-refractivity contribution in [3.05, 3.63) is 66.6 Å². The first-order valence-corrected chi connectivity index (χ1v) is 9.86. The van der Waals surface area contributed by atoms with E-state index in [0.29, 0.717) is 11.6 Å². The van der Waals surface area contributed by atoms with Gasteiger partial charge in [0, 0.05) is 36.6 Å². The van der Waals surface area contributed by atoms with Crippen LogP contribution in [0.25, 0.3) is 16.9 Å². The largest absolute Gasteiger partial charge is 0.370 e. The second kappa shape index (κ2) is 8.69.